The molecular formula is C28H30FN7O6. The standard InChI is InChI=1S/C28H30FN7O6/c1-28-25(38)34-18-12-15(5-7-20(18)42-28)32-23-17(29)14-31-27(35-23)33-16-6-8-21(22(13-16)40-2)41-11-9-30-24(37)19-4-3-10-36(19)26(28)39/h5-8,12-14,19,27,32-33,35H,3-4,9-11H2,1-2H3,(H,30,37)(H,34,38)/t19-,27?,28?/m1/s1. The van der Waals surface area contributed by atoms with Gasteiger partial charge in [0.15, 0.2) is 23.6 Å². The summed E-state index contributed by atoms with van der Waals surface area (Å²) < 4.78 is 32.0. The first kappa shape index (κ1) is 27.2. The number of ether oxygens (including phenoxy) is 3. The molecule has 8 heterocycles. The van der Waals surface area contributed by atoms with Crippen molar-refractivity contribution < 1.29 is 33.0 Å². The third-order valence-corrected chi connectivity index (χ3v) is 7.45. The zero-order valence-electron chi connectivity index (χ0n) is 23.0. The number of nitrogens with one attached hydrogen (secondary N) is 5. The molecular weight excluding hydrogens is 549 g/mol. The number of hydrogen-bond acceptors (Lipinski definition) is 10. The fourth-order valence-corrected chi connectivity index (χ4v) is 5.25. The summed E-state index contributed by atoms with van der Waals surface area (Å²) in [5.74, 6) is -1.04. The number of halogens is 1. The Hall–Kier alpha value is -5.01. The topological polar surface area (TPSA) is 155 Å². The molecule has 5 N–H and O–H groups in total. The van der Waals surface area contributed by atoms with E-state index in [2.05, 4.69) is 31.6 Å². The van der Waals surface area contributed by atoms with Gasteiger partial charge in [-0.1, -0.05) is 0 Å². The highest BCUT2D eigenvalue weighted by atomic mass is 19.1. The van der Waals surface area contributed by atoms with Gasteiger partial charge in [0.25, 0.3) is 17.4 Å². The SMILES string of the molecule is COc1cc2ccc1OCCNC(=O)[C@H]1CCCN1C(=O)C1(C)Oc3ccc(cc3NC1=O)NC1=C(F)C=NC(N1)N2. The monoisotopic (exact) mass is 579 g/mol. The summed E-state index contributed by atoms with van der Waals surface area (Å²) in [6.45, 7) is 2.02. The Balaban J connectivity index is 1.32. The second kappa shape index (κ2) is 10.8. The van der Waals surface area contributed by atoms with Crippen molar-refractivity contribution in [2.75, 3.05) is 42.8 Å². The van der Waals surface area contributed by atoms with Crippen LogP contribution in [0.4, 0.5) is 21.5 Å². The van der Waals surface area contributed by atoms with Crippen LogP contribution in [0.1, 0.15) is 19.8 Å². The molecule has 2 aromatic carbocycles. The molecule has 0 radical (unpaired) electrons. The van der Waals surface area contributed by atoms with Crippen molar-refractivity contribution in [3.8, 4) is 17.2 Å². The van der Waals surface area contributed by atoms with Crippen molar-refractivity contribution in [3.05, 3.63) is 48.0 Å². The molecule has 2 aromatic rings. The molecule has 0 saturated carbocycles. The maximum Gasteiger partial charge on any atom is 0.278 e. The van der Waals surface area contributed by atoms with E-state index in [1.54, 1.807) is 36.4 Å². The Morgan fingerprint density at radius 2 is 1.88 bits per heavy atom. The number of aliphatic imine (C=N–C) groups is 1. The quantitative estimate of drug-likeness (QED) is 0.319. The first-order valence-corrected chi connectivity index (χ1v) is 13.5. The molecule has 8 aliphatic heterocycles. The minimum atomic E-state index is -1.89. The number of carbonyl (C=O) groups excluding carboxylic acids is 3. The fourth-order valence-electron chi connectivity index (χ4n) is 5.25. The van der Waals surface area contributed by atoms with Crippen LogP contribution in [0.25, 0.3) is 0 Å². The predicted octanol–water partition coefficient (Wildman–Crippen LogP) is 1.90. The average molecular weight is 580 g/mol. The Bertz CT molecular complexity index is 1510. The third kappa shape index (κ3) is 4.99. The van der Waals surface area contributed by atoms with Crippen LogP contribution >= 0.6 is 0 Å². The number of hydrogen-bond donors (Lipinski definition) is 5. The van der Waals surface area contributed by atoms with Gasteiger partial charge in [0, 0.05) is 24.0 Å². The largest absolute Gasteiger partial charge is 0.493 e. The second-order valence-electron chi connectivity index (χ2n) is 10.3. The van der Waals surface area contributed by atoms with Crippen molar-refractivity contribution in [1.29, 1.82) is 0 Å². The molecule has 13 nitrogen and oxygen atoms in total. The highest BCUT2D eigenvalue weighted by Gasteiger charge is 2.52. The van der Waals surface area contributed by atoms with Gasteiger partial charge in [-0.25, -0.2) is 9.38 Å². The molecule has 0 aliphatic carbocycles. The fraction of sp³-hybridized carbons (Fsp3) is 0.357. The van der Waals surface area contributed by atoms with Gasteiger partial charge in [0.1, 0.15) is 24.2 Å². The Kier molecular flexibility index (Phi) is 6.96. The van der Waals surface area contributed by atoms with Gasteiger partial charge in [0.05, 0.1) is 25.6 Å². The Morgan fingerprint density at radius 3 is 2.71 bits per heavy atom. The van der Waals surface area contributed by atoms with Gasteiger partial charge in [-0.15, -0.1) is 0 Å². The number of rotatable bonds is 1. The van der Waals surface area contributed by atoms with Crippen molar-refractivity contribution >= 4 is 41.0 Å². The van der Waals surface area contributed by atoms with E-state index in [4.69, 9.17) is 14.2 Å². The molecule has 3 atom stereocenters. The zero-order valence-corrected chi connectivity index (χ0v) is 23.0. The van der Waals surface area contributed by atoms with Crippen molar-refractivity contribution in [2.45, 2.75) is 37.7 Å². The number of allylic oxidation sites excluding steroid dienone is 1. The predicted molar refractivity (Wildman–Crippen MR) is 151 cm³/mol. The average Bonchev–Trinajstić information content (AvgIpc) is 3.47. The van der Waals surface area contributed by atoms with Crippen LogP contribution in [0.2, 0.25) is 0 Å². The van der Waals surface area contributed by atoms with E-state index in [-0.39, 0.29) is 30.6 Å². The van der Waals surface area contributed by atoms with Gasteiger partial charge < -0.3 is 45.7 Å². The second-order valence-corrected chi connectivity index (χ2v) is 10.3. The first-order chi connectivity index (χ1) is 20.2. The number of nitrogens with zero attached hydrogens (tertiary/aromatic N) is 2. The summed E-state index contributed by atoms with van der Waals surface area (Å²) in [5.41, 5.74) is -0.514. The molecule has 8 aliphatic rings. The van der Waals surface area contributed by atoms with Crippen molar-refractivity contribution in [1.82, 2.24) is 15.5 Å². The lowest BCUT2D eigenvalue weighted by atomic mass is 10.00. The molecule has 42 heavy (non-hydrogen) atoms. The molecule has 1 fully saturated rings. The maximum atomic E-state index is 14.7. The summed E-state index contributed by atoms with van der Waals surface area (Å²) in [6, 6.07) is 9.20. The van der Waals surface area contributed by atoms with Gasteiger partial charge in [-0.2, -0.15) is 0 Å². The molecule has 220 valence electrons. The van der Waals surface area contributed by atoms with E-state index in [0.29, 0.717) is 47.9 Å². The molecule has 8 bridgehead atoms. The van der Waals surface area contributed by atoms with Crippen molar-refractivity contribution in [2.24, 2.45) is 4.99 Å². The van der Waals surface area contributed by atoms with Crippen LogP contribution in [-0.2, 0) is 14.4 Å². The molecule has 1 saturated heterocycles. The van der Waals surface area contributed by atoms with Gasteiger partial charge in [-0.3, -0.25) is 14.4 Å². The van der Waals surface area contributed by atoms with Crippen LogP contribution in [0.5, 0.6) is 17.2 Å². The van der Waals surface area contributed by atoms with E-state index < -0.39 is 35.6 Å². The molecule has 14 heteroatoms. The normalized spacial score (nSPS) is 25.4. The number of amides is 3. The Morgan fingerprint density at radius 1 is 1.07 bits per heavy atom. The van der Waals surface area contributed by atoms with Gasteiger partial charge in [0.2, 0.25) is 5.91 Å². The summed E-state index contributed by atoms with van der Waals surface area (Å²) in [6.07, 6.45) is 1.43. The number of benzene rings is 2. The third-order valence-electron chi connectivity index (χ3n) is 7.45. The summed E-state index contributed by atoms with van der Waals surface area (Å²) in [4.78, 5) is 45.5. The molecule has 0 aromatic heterocycles. The highest BCUT2D eigenvalue weighted by Crippen LogP contribution is 2.38. The lowest BCUT2D eigenvalue weighted by Crippen LogP contribution is -2.61. The maximum absolute atomic E-state index is 14.7. The van der Waals surface area contributed by atoms with E-state index in [0.717, 1.165) is 6.21 Å². The van der Waals surface area contributed by atoms with Crippen LogP contribution in [0, 0.1) is 0 Å². The highest BCUT2D eigenvalue weighted by molar-refractivity contribution is 6.16. The van der Waals surface area contributed by atoms with Crippen LogP contribution in [0.15, 0.2) is 53.0 Å². The van der Waals surface area contributed by atoms with Gasteiger partial charge in [-0.05, 0) is 50.1 Å². The summed E-state index contributed by atoms with van der Waals surface area (Å²) in [5, 5.41) is 14.6. The van der Waals surface area contributed by atoms with Gasteiger partial charge >= 0.3 is 0 Å². The molecule has 2 unspecified atom stereocenters. The minimum absolute atomic E-state index is 0.0491. The Labute approximate surface area is 240 Å². The van der Waals surface area contributed by atoms with Crippen LogP contribution < -0.4 is 40.8 Å². The number of carbonyl (C=O) groups is 3. The van der Waals surface area contributed by atoms with E-state index in [1.165, 1.54) is 18.9 Å². The van der Waals surface area contributed by atoms with E-state index in [9.17, 15) is 18.8 Å². The first-order valence-electron chi connectivity index (χ1n) is 13.5. The molecule has 0 spiro atoms. The molecule has 10 rings (SSSR count). The number of methoxy groups -OCH3 is 1. The van der Waals surface area contributed by atoms with E-state index >= 15 is 0 Å². The lowest BCUT2D eigenvalue weighted by molar-refractivity contribution is -0.157. The summed E-state index contributed by atoms with van der Waals surface area (Å²) >= 11 is 0. The summed E-state index contributed by atoms with van der Waals surface area (Å²) in [7, 11) is 1.51. The smallest absolute Gasteiger partial charge is 0.278 e. The lowest BCUT2D eigenvalue weighted by Gasteiger charge is -2.37. The number of anilines is 3. The zero-order chi connectivity index (χ0) is 29.4. The van der Waals surface area contributed by atoms with Crippen LogP contribution in [0.3, 0.4) is 0 Å². The van der Waals surface area contributed by atoms with E-state index in [1.807, 2.05) is 0 Å². The molecule has 3 amide bonds. The van der Waals surface area contributed by atoms with Crippen LogP contribution in [-0.4, -0.2) is 73.6 Å². The minimum Gasteiger partial charge on any atom is -0.493 e. The van der Waals surface area contributed by atoms with Crippen molar-refractivity contribution in [3.63, 3.8) is 0 Å².